The van der Waals surface area contributed by atoms with E-state index in [9.17, 15) is 4.79 Å². The number of fused-ring (bicyclic) bond motifs is 1. The van der Waals surface area contributed by atoms with E-state index in [-0.39, 0.29) is 5.91 Å². The van der Waals surface area contributed by atoms with E-state index in [0.29, 0.717) is 13.0 Å². The maximum atomic E-state index is 11.6. The predicted octanol–water partition coefficient (Wildman–Crippen LogP) is 1.93. The Morgan fingerprint density at radius 3 is 2.61 bits per heavy atom. The zero-order valence-electron chi connectivity index (χ0n) is 14.2. The molecular weight excluding hydrogens is 312 g/mol. The molecule has 1 aliphatic heterocycles. The first-order chi connectivity index (χ1) is 11.2. The standard InChI is InChI=1S/C17H26N2O3S/c1-21-15-10-13-4-7-19(12-14(13)11-16(15)22-2)8-6-18-17(20)5-9-23-3/h10-11H,4-9,12H2,1-3H3,(H,18,20). The van der Waals surface area contributed by atoms with Gasteiger partial charge < -0.3 is 14.8 Å². The molecule has 1 N–H and O–H groups in total. The van der Waals surface area contributed by atoms with Crippen molar-refractivity contribution in [1.29, 1.82) is 0 Å². The first kappa shape index (κ1) is 17.9. The molecule has 1 aromatic rings. The van der Waals surface area contributed by atoms with E-state index in [2.05, 4.69) is 22.3 Å². The summed E-state index contributed by atoms with van der Waals surface area (Å²) in [4.78, 5) is 14.0. The summed E-state index contributed by atoms with van der Waals surface area (Å²) in [6.07, 6.45) is 3.61. The summed E-state index contributed by atoms with van der Waals surface area (Å²) in [7, 11) is 3.33. The number of carbonyl (C=O) groups is 1. The Bertz CT molecular complexity index is 537. The van der Waals surface area contributed by atoms with Crippen molar-refractivity contribution in [3.8, 4) is 11.5 Å². The fourth-order valence-electron chi connectivity index (χ4n) is 2.77. The summed E-state index contributed by atoms with van der Waals surface area (Å²) < 4.78 is 10.7. The van der Waals surface area contributed by atoms with Crippen LogP contribution in [0.15, 0.2) is 12.1 Å². The Balaban J connectivity index is 1.86. The molecule has 1 aromatic carbocycles. The third-order valence-corrected chi connectivity index (χ3v) is 4.69. The molecular formula is C17H26N2O3S. The summed E-state index contributed by atoms with van der Waals surface area (Å²) in [5.41, 5.74) is 2.60. The van der Waals surface area contributed by atoms with Gasteiger partial charge in [-0.2, -0.15) is 11.8 Å². The Labute approximate surface area is 142 Å². The number of rotatable bonds is 8. The van der Waals surface area contributed by atoms with E-state index in [1.807, 2.05) is 6.26 Å². The molecule has 1 amide bonds. The molecule has 6 heteroatoms. The smallest absolute Gasteiger partial charge is 0.220 e. The molecule has 0 spiro atoms. The Morgan fingerprint density at radius 1 is 1.26 bits per heavy atom. The molecule has 0 atom stereocenters. The third-order valence-electron chi connectivity index (χ3n) is 4.08. The van der Waals surface area contributed by atoms with Gasteiger partial charge in [0.05, 0.1) is 14.2 Å². The number of benzene rings is 1. The average Bonchev–Trinajstić information content (AvgIpc) is 2.58. The van der Waals surface area contributed by atoms with Crippen molar-refractivity contribution in [3.05, 3.63) is 23.3 Å². The van der Waals surface area contributed by atoms with E-state index in [1.165, 1.54) is 11.1 Å². The van der Waals surface area contributed by atoms with E-state index < -0.39 is 0 Å². The van der Waals surface area contributed by atoms with Gasteiger partial charge in [-0.1, -0.05) is 0 Å². The monoisotopic (exact) mass is 338 g/mol. The number of hydrogen-bond donors (Lipinski definition) is 1. The predicted molar refractivity (Wildman–Crippen MR) is 94.5 cm³/mol. The quantitative estimate of drug-likeness (QED) is 0.785. The van der Waals surface area contributed by atoms with Crippen LogP contribution in [0.1, 0.15) is 17.5 Å². The van der Waals surface area contributed by atoms with Gasteiger partial charge in [-0.15, -0.1) is 0 Å². The van der Waals surface area contributed by atoms with Crippen molar-refractivity contribution in [1.82, 2.24) is 10.2 Å². The average molecular weight is 338 g/mol. The molecule has 1 heterocycles. The topological polar surface area (TPSA) is 50.8 Å². The van der Waals surface area contributed by atoms with E-state index in [4.69, 9.17) is 9.47 Å². The lowest BCUT2D eigenvalue weighted by atomic mass is 9.99. The Kier molecular flexibility index (Phi) is 7.05. The van der Waals surface area contributed by atoms with Gasteiger partial charge in [0.15, 0.2) is 11.5 Å². The molecule has 0 saturated heterocycles. The second-order valence-electron chi connectivity index (χ2n) is 5.59. The second kappa shape index (κ2) is 9.03. The zero-order chi connectivity index (χ0) is 16.7. The van der Waals surface area contributed by atoms with Gasteiger partial charge in [-0.3, -0.25) is 9.69 Å². The molecule has 1 aliphatic rings. The molecule has 0 aromatic heterocycles. The molecule has 0 fully saturated rings. The highest BCUT2D eigenvalue weighted by atomic mass is 32.2. The van der Waals surface area contributed by atoms with Crippen LogP contribution in [0.5, 0.6) is 11.5 Å². The van der Waals surface area contributed by atoms with Crippen molar-refractivity contribution < 1.29 is 14.3 Å². The van der Waals surface area contributed by atoms with Gasteiger partial charge in [-0.25, -0.2) is 0 Å². The first-order valence-electron chi connectivity index (χ1n) is 7.89. The maximum absolute atomic E-state index is 11.6. The van der Waals surface area contributed by atoms with Crippen LogP contribution in [-0.4, -0.2) is 56.7 Å². The summed E-state index contributed by atoms with van der Waals surface area (Å²) >= 11 is 1.70. The van der Waals surface area contributed by atoms with E-state index in [0.717, 1.165) is 43.3 Å². The van der Waals surface area contributed by atoms with Crippen LogP contribution in [0, 0.1) is 0 Å². The van der Waals surface area contributed by atoms with Gasteiger partial charge in [0.25, 0.3) is 0 Å². The summed E-state index contributed by atoms with van der Waals surface area (Å²) in [6, 6.07) is 4.15. The first-order valence-corrected chi connectivity index (χ1v) is 9.29. The highest BCUT2D eigenvalue weighted by Gasteiger charge is 2.19. The Hall–Kier alpha value is -1.40. The van der Waals surface area contributed by atoms with E-state index >= 15 is 0 Å². The van der Waals surface area contributed by atoms with Crippen LogP contribution in [0.3, 0.4) is 0 Å². The van der Waals surface area contributed by atoms with Crippen LogP contribution in [0.2, 0.25) is 0 Å². The lowest BCUT2D eigenvalue weighted by Gasteiger charge is -2.29. The summed E-state index contributed by atoms with van der Waals surface area (Å²) in [5, 5.41) is 2.99. The lowest BCUT2D eigenvalue weighted by molar-refractivity contribution is -0.120. The molecule has 23 heavy (non-hydrogen) atoms. The molecule has 0 bridgehead atoms. The van der Waals surface area contributed by atoms with Crippen molar-refractivity contribution in [2.24, 2.45) is 0 Å². The fourth-order valence-corrected chi connectivity index (χ4v) is 3.16. The van der Waals surface area contributed by atoms with Crippen molar-refractivity contribution in [2.75, 3.05) is 45.9 Å². The molecule has 2 rings (SSSR count). The lowest BCUT2D eigenvalue weighted by Crippen LogP contribution is -2.37. The van der Waals surface area contributed by atoms with Crippen LogP contribution in [0.25, 0.3) is 0 Å². The van der Waals surface area contributed by atoms with Gasteiger partial charge in [0.2, 0.25) is 5.91 Å². The number of ether oxygens (including phenoxy) is 2. The highest BCUT2D eigenvalue weighted by Crippen LogP contribution is 2.33. The van der Waals surface area contributed by atoms with Gasteiger partial charge in [0, 0.05) is 38.4 Å². The minimum Gasteiger partial charge on any atom is -0.493 e. The molecule has 0 radical (unpaired) electrons. The van der Waals surface area contributed by atoms with Crippen molar-refractivity contribution >= 4 is 17.7 Å². The number of hydrogen-bond acceptors (Lipinski definition) is 5. The largest absolute Gasteiger partial charge is 0.493 e. The van der Waals surface area contributed by atoms with Crippen molar-refractivity contribution in [2.45, 2.75) is 19.4 Å². The van der Waals surface area contributed by atoms with Crippen LogP contribution >= 0.6 is 11.8 Å². The van der Waals surface area contributed by atoms with Gasteiger partial charge in [0.1, 0.15) is 0 Å². The van der Waals surface area contributed by atoms with Gasteiger partial charge in [-0.05, 0) is 35.9 Å². The SMILES string of the molecule is COc1cc2c(cc1OC)CN(CCNC(=O)CCSC)CC2. The number of nitrogens with one attached hydrogen (secondary N) is 1. The fraction of sp³-hybridized carbons (Fsp3) is 0.588. The second-order valence-corrected chi connectivity index (χ2v) is 6.58. The van der Waals surface area contributed by atoms with Crippen LogP contribution in [0.4, 0.5) is 0 Å². The number of nitrogens with zero attached hydrogens (tertiary/aromatic N) is 1. The molecule has 5 nitrogen and oxygen atoms in total. The summed E-state index contributed by atoms with van der Waals surface area (Å²) in [6.45, 7) is 3.47. The van der Waals surface area contributed by atoms with Crippen molar-refractivity contribution in [3.63, 3.8) is 0 Å². The van der Waals surface area contributed by atoms with E-state index in [1.54, 1.807) is 26.0 Å². The molecule has 0 aliphatic carbocycles. The minimum atomic E-state index is 0.142. The highest BCUT2D eigenvalue weighted by molar-refractivity contribution is 7.98. The molecule has 0 saturated carbocycles. The number of amides is 1. The maximum Gasteiger partial charge on any atom is 0.220 e. The zero-order valence-corrected chi connectivity index (χ0v) is 15.0. The van der Waals surface area contributed by atoms with Crippen LogP contribution < -0.4 is 14.8 Å². The normalized spacial score (nSPS) is 14.2. The number of carbonyl (C=O) groups excluding carboxylic acids is 1. The third kappa shape index (κ3) is 5.04. The van der Waals surface area contributed by atoms with Gasteiger partial charge >= 0.3 is 0 Å². The Morgan fingerprint density at radius 2 is 1.96 bits per heavy atom. The molecule has 128 valence electrons. The summed E-state index contributed by atoms with van der Waals surface area (Å²) in [5.74, 6) is 2.59. The minimum absolute atomic E-state index is 0.142. The molecule has 0 unspecified atom stereocenters. The number of thioether (sulfide) groups is 1. The number of methoxy groups -OCH3 is 2. The van der Waals surface area contributed by atoms with Crippen LogP contribution in [-0.2, 0) is 17.8 Å².